The average Bonchev–Trinajstić information content (AvgIpc) is 3.18. The molecule has 2 aromatic heterocycles. The summed E-state index contributed by atoms with van der Waals surface area (Å²) in [5, 5.41) is 4.80. The van der Waals surface area contributed by atoms with Gasteiger partial charge in [0.1, 0.15) is 0 Å². The van der Waals surface area contributed by atoms with Gasteiger partial charge in [0, 0.05) is 23.6 Å². The van der Waals surface area contributed by atoms with Crippen molar-refractivity contribution < 1.29 is 4.79 Å². The largest absolute Gasteiger partial charge is 0.311 e. The lowest BCUT2D eigenvalue weighted by atomic mass is 10.2. The standard InChI is InChI=1S/C18H19N5OS/c1-11-10-12(2)23-17(19-11)20-18(21-23)25-13(3)16(24)22-9-8-14-6-4-5-7-15(14)22/h4-7,10,13H,8-9H2,1-3H3. The van der Waals surface area contributed by atoms with Crippen molar-refractivity contribution in [2.75, 3.05) is 11.4 Å². The van der Waals surface area contributed by atoms with Gasteiger partial charge < -0.3 is 4.90 Å². The summed E-state index contributed by atoms with van der Waals surface area (Å²) in [5.74, 6) is 0.667. The molecule has 0 bridgehead atoms. The van der Waals surface area contributed by atoms with E-state index in [1.54, 1.807) is 4.52 Å². The molecule has 0 spiro atoms. The van der Waals surface area contributed by atoms with Gasteiger partial charge in [-0.15, -0.1) is 5.10 Å². The second-order valence-electron chi connectivity index (χ2n) is 6.27. The van der Waals surface area contributed by atoms with Crippen LogP contribution in [0.5, 0.6) is 0 Å². The molecule has 1 atom stereocenters. The molecule has 1 aliphatic heterocycles. The first-order valence-corrected chi connectivity index (χ1v) is 9.18. The minimum Gasteiger partial charge on any atom is -0.311 e. The SMILES string of the molecule is Cc1cc(C)n2nc(SC(C)C(=O)N3CCc4ccccc43)nc2n1. The quantitative estimate of drug-likeness (QED) is 0.678. The second kappa shape index (κ2) is 6.15. The Hall–Kier alpha value is -2.41. The van der Waals surface area contributed by atoms with Gasteiger partial charge in [0.2, 0.25) is 11.1 Å². The zero-order valence-electron chi connectivity index (χ0n) is 14.4. The van der Waals surface area contributed by atoms with Crippen molar-refractivity contribution in [1.82, 2.24) is 19.6 Å². The molecule has 0 N–H and O–H groups in total. The summed E-state index contributed by atoms with van der Waals surface area (Å²) in [6.07, 6.45) is 0.911. The van der Waals surface area contributed by atoms with Crippen LogP contribution >= 0.6 is 11.8 Å². The van der Waals surface area contributed by atoms with E-state index in [1.165, 1.54) is 17.3 Å². The third kappa shape index (κ3) is 2.89. The van der Waals surface area contributed by atoms with Crippen molar-refractivity contribution in [3.8, 4) is 0 Å². The molecule has 1 unspecified atom stereocenters. The molecule has 0 aliphatic carbocycles. The second-order valence-corrected chi connectivity index (χ2v) is 7.58. The van der Waals surface area contributed by atoms with Crippen LogP contribution < -0.4 is 4.90 Å². The molecule has 0 fully saturated rings. The predicted molar refractivity (Wildman–Crippen MR) is 98.1 cm³/mol. The van der Waals surface area contributed by atoms with E-state index < -0.39 is 0 Å². The normalized spacial score (nSPS) is 14.8. The number of hydrogen-bond acceptors (Lipinski definition) is 5. The van der Waals surface area contributed by atoms with Crippen LogP contribution in [0.2, 0.25) is 0 Å². The van der Waals surface area contributed by atoms with Crippen LogP contribution in [-0.4, -0.2) is 37.3 Å². The molecule has 1 aromatic carbocycles. The first-order valence-electron chi connectivity index (χ1n) is 8.30. The number of para-hydroxylation sites is 1. The summed E-state index contributed by atoms with van der Waals surface area (Å²) in [7, 11) is 0. The Morgan fingerprint density at radius 1 is 1.24 bits per heavy atom. The Bertz CT molecular complexity index is 967. The van der Waals surface area contributed by atoms with Crippen molar-refractivity contribution in [2.24, 2.45) is 0 Å². The third-order valence-corrected chi connectivity index (χ3v) is 5.32. The van der Waals surface area contributed by atoms with Crippen LogP contribution in [0.3, 0.4) is 0 Å². The topological polar surface area (TPSA) is 63.4 Å². The molecule has 7 heteroatoms. The molecule has 128 valence electrons. The summed E-state index contributed by atoms with van der Waals surface area (Å²) < 4.78 is 1.72. The van der Waals surface area contributed by atoms with Gasteiger partial charge in [0.05, 0.1) is 5.25 Å². The van der Waals surface area contributed by atoms with Crippen molar-refractivity contribution in [3.63, 3.8) is 0 Å². The highest BCUT2D eigenvalue weighted by Gasteiger charge is 2.29. The number of aromatic nitrogens is 4. The molecule has 25 heavy (non-hydrogen) atoms. The molecule has 1 aliphatic rings. The van der Waals surface area contributed by atoms with E-state index in [0.29, 0.717) is 10.9 Å². The van der Waals surface area contributed by atoms with E-state index >= 15 is 0 Å². The van der Waals surface area contributed by atoms with Crippen molar-refractivity contribution in [2.45, 2.75) is 37.6 Å². The van der Waals surface area contributed by atoms with Crippen molar-refractivity contribution >= 4 is 29.1 Å². The number of nitrogens with zero attached hydrogens (tertiary/aromatic N) is 5. The number of rotatable bonds is 3. The van der Waals surface area contributed by atoms with Gasteiger partial charge in [-0.1, -0.05) is 30.0 Å². The average molecular weight is 353 g/mol. The summed E-state index contributed by atoms with van der Waals surface area (Å²) in [6.45, 7) is 6.55. The maximum absolute atomic E-state index is 12.9. The van der Waals surface area contributed by atoms with Gasteiger partial charge >= 0.3 is 0 Å². The molecule has 0 saturated carbocycles. The zero-order chi connectivity index (χ0) is 17.6. The number of carbonyl (C=O) groups excluding carboxylic acids is 1. The number of fused-ring (bicyclic) bond motifs is 2. The van der Waals surface area contributed by atoms with Gasteiger partial charge in [-0.25, -0.2) is 9.50 Å². The Morgan fingerprint density at radius 2 is 2.04 bits per heavy atom. The predicted octanol–water partition coefficient (Wildman–Crippen LogP) is 2.81. The van der Waals surface area contributed by atoms with E-state index in [-0.39, 0.29) is 11.2 Å². The lowest BCUT2D eigenvalue weighted by Gasteiger charge is -2.20. The Balaban J connectivity index is 1.55. The molecule has 3 heterocycles. The molecule has 6 nitrogen and oxygen atoms in total. The van der Waals surface area contributed by atoms with Crippen molar-refractivity contribution in [3.05, 3.63) is 47.3 Å². The van der Waals surface area contributed by atoms with Crippen LogP contribution in [0, 0.1) is 13.8 Å². The maximum Gasteiger partial charge on any atom is 0.253 e. The highest BCUT2D eigenvalue weighted by Crippen LogP contribution is 2.30. The fourth-order valence-electron chi connectivity index (χ4n) is 3.19. The molecular weight excluding hydrogens is 334 g/mol. The molecule has 4 rings (SSSR count). The maximum atomic E-state index is 12.9. The smallest absolute Gasteiger partial charge is 0.253 e. The first kappa shape index (κ1) is 16.1. The number of anilines is 1. The fourth-order valence-corrected chi connectivity index (χ4v) is 4.00. The Morgan fingerprint density at radius 3 is 2.88 bits per heavy atom. The molecule has 3 aromatic rings. The van der Waals surface area contributed by atoms with Crippen LogP contribution in [0.4, 0.5) is 5.69 Å². The van der Waals surface area contributed by atoms with Gasteiger partial charge in [0.15, 0.2) is 0 Å². The molecule has 1 amide bonds. The van der Waals surface area contributed by atoms with Crippen LogP contribution in [0.1, 0.15) is 23.9 Å². The summed E-state index contributed by atoms with van der Waals surface area (Å²) in [5.41, 5.74) is 4.14. The minimum absolute atomic E-state index is 0.0923. The first-order chi connectivity index (χ1) is 12.0. The Labute approximate surface area is 150 Å². The van der Waals surface area contributed by atoms with E-state index in [9.17, 15) is 4.79 Å². The van der Waals surface area contributed by atoms with Crippen LogP contribution in [0.25, 0.3) is 5.78 Å². The van der Waals surface area contributed by atoms with Crippen molar-refractivity contribution in [1.29, 1.82) is 0 Å². The lowest BCUT2D eigenvalue weighted by Crippen LogP contribution is -2.35. The number of aryl methyl sites for hydroxylation is 2. The number of hydrogen-bond donors (Lipinski definition) is 0. The minimum atomic E-state index is -0.259. The highest BCUT2D eigenvalue weighted by molar-refractivity contribution is 8.00. The van der Waals surface area contributed by atoms with Gasteiger partial charge in [-0.2, -0.15) is 4.98 Å². The summed E-state index contributed by atoms with van der Waals surface area (Å²) >= 11 is 1.38. The fraction of sp³-hybridized carbons (Fsp3) is 0.333. The summed E-state index contributed by atoms with van der Waals surface area (Å²) in [6, 6.07) is 10.1. The molecular formula is C18H19N5OS. The number of thioether (sulfide) groups is 1. The van der Waals surface area contributed by atoms with E-state index in [1.807, 2.05) is 49.9 Å². The molecule has 0 saturated heterocycles. The zero-order valence-corrected chi connectivity index (χ0v) is 15.2. The van der Waals surface area contributed by atoms with Gasteiger partial charge in [-0.05, 0) is 44.9 Å². The monoisotopic (exact) mass is 353 g/mol. The number of carbonyl (C=O) groups is 1. The van der Waals surface area contributed by atoms with Gasteiger partial charge in [0.25, 0.3) is 5.78 Å². The number of amides is 1. The van der Waals surface area contributed by atoms with Crippen LogP contribution in [0.15, 0.2) is 35.5 Å². The Kier molecular flexibility index (Phi) is 3.95. The molecule has 0 radical (unpaired) electrons. The summed E-state index contributed by atoms with van der Waals surface area (Å²) in [4.78, 5) is 23.6. The van der Waals surface area contributed by atoms with E-state index in [0.717, 1.165) is 30.0 Å². The van der Waals surface area contributed by atoms with E-state index in [2.05, 4.69) is 21.1 Å². The van der Waals surface area contributed by atoms with Gasteiger partial charge in [-0.3, -0.25) is 4.79 Å². The highest BCUT2D eigenvalue weighted by atomic mass is 32.2. The van der Waals surface area contributed by atoms with E-state index in [4.69, 9.17) is 0 Å². The lowest BCUT2D eigenvalue weighted by molar-refractivity contribution is -0.117. The van der Waals surface area contributed by atoms with Crippen LogP contribution in [-0.2, 0) is 11.2 Å². The third-order valence-electron chi connectivity index (χ3n) is 4.38. The number of benzene rings is 1.